The lowest BCUT2D eigenvalue weighted by molar-refractivity contribution is -0.109. The maximum Gasteiger partial charge on any atom is 0.228 e. The van der Waals surface area contributed by atoms with Gasteiger partial charge in [0.1, 0.15) is 0 Å². The number of ketones is 1. The van der Waals surface area contributed by atoms with Crippen molar-refractivity contribution in [3.63, 3.8) is 0 Å². The van der Waals surface area contributed by atoms with Crippen LogP contribution in [-0.4, -0.2) is 10.2 Å². The standard InChI is InChI=1S/C19H21IO/c1-3-19(21)14-13-18-11-5-4-10-17(18)12-6-8-16(2)9-7-15-20/h1,4-5,8,10-11,13-14H,6-7,9,12,15H2,2H3/b14-13+,16-8-. The van der Waals surface area contributed by atoms with Crippen molar-refractivity contribution < 1.29 is 4.79 Å². The van der Waals surface area contributed by atoms with E-state index in [1.54, 1.807) is 0 Å². The SMILES string of the molecule is C#CC(=O)/C=C/c1ccccc1CC/C=C(/C)CCCI. The molecule has 0 aliphatic carbocycles. The second-order valence-corrected chi connectivity index (χ2v) is 6.00. The summed E-state index contributed by atoms with van der Waals surface area (Å²) in [4.78, 5) is 11.2. The molecule has 21 heavy (non-hydrogen) atoms. The molecule has 0 N–H and O–H groups in total. The van der Waals surface area contributed by atoms with Gasteiger partial charge >= 0.3 is 0 Å². The highest BCUT2D eigenvalue weighted by Gasteiger charge is 1.99. The summed E-state index contributed by atoms with van der Waals surface area (Å²) in [6, 6.07) is 8.13. The van der Waals surface area contributed by atoms with Crippen molar-refractivity contribution in [1.29, 1.82) is 0 Å². The number of aryl methyl sites for hydroxylation is 1. The van der Waals surface area contributed by atoms with E-state index < -0.39 is 0 Å². The zero-order valence-electron chi connectivity index (χ0n) is 12.4. The van der Waals surface area contributed by atoms with Crippen molar-refractivity contribution in [3.05, 3.63) is 53.1 Å². The highest BCUT2D eigenvalue weighted by molar-refractivity contribution is 14.1. The van der Waals surface area contributed by atoms with Crippen molar-refractivity contribution >= 4 is 34.5 Å². The molecule has 0 heterocycles. The van der Waals surface area contributed by atoms with E-state index in [0.29, 0.717) is 0 Å². The molecule has 0 fully saturated rings. The lowest BCUT2D eigenvalue weighted by Crippen LogP contribution is -1.90. The highest BCUT2D eigenvalue weighted by Crippen LogP contribution is 2.15. The first-order chi connectivity index (χ1) is 10.2. The molecule has 1 nitrogen and oxygen atoms in total. The van der Waals surface area contributed by atoms with Gasteiger partial charge in [0.25, 0.3) is 0 Å². The average molecular weight is 392 g/mol. The van der Waals surface area contributed by atoms with Gasteiger partial charge < -0.3 is 0 Å². The highest BCUT2D eigenvalue weighted by atomic mass is 127. The van der Waals surface area contributed by atoms with Crippen LogP contribution in [0.4, 0.5) is 0 Å². The molecule has 110 valence electrons. The number of allylic oxidation sites excluding steroid dienone is 3. The van der Waals surface area contributed by atoms with Crippen molar-refractivity contribution in [1.82, 2.24) is 0 Å². The zero-order chi connectivity index (χ0) is 15.5. The molecule has 0 radical (unpaired) electrons. The molecule has 1 aromatic carbocycles. The smallest absolute Gasteiger partial charge is 0.228 e. The quantitative estimate of drug-likeness (QED) is 0.152. The Labute approximate surface area is 141 Å². The molecular weight excluding hydrogens is 371 g/mol. The molecule has 0 saturated heterocycles. The van der Waals surface area contributed by atoms with Crippen LogP contribution >= 0.6 is 22.6 Å². The summed E-state index contributed by atoms with van der Waals surface area (Å²) in [6.45, 7) is 2.20. The van der Waals surface area contributed by atoms with Crippen LogP contribution in [0.3, 0.4) is 0 Å². The minimum Gasteiger partial charge on any atom is -0.280 e. The Hall–Kier alpha value is -1.34. The molecule has 1 rings (SSSR count). The van der Waals surface area contributed by atoms with Crippen LogP contribution in [0.2, 0.25) is 0 Å². The van der Waals surface area contributed by atoms with Crippen molar-refractivity contribution in [2.75, 3.05) is 4.43 Å². The second-order valence-electron chi connectivity index (χ2n) is 4.92. The van der Waals surface area contributed by atoms with E-state index in [1.807, 2.05) is 24.3 Å². The first-order valence-electron chi connectivity index (χ1n) is 7.15. The van der Waals surface area contributed by atoms with E-state index >= 15 is 0 Å². The fourth-order valence-corrected chi connectivity index (χ4v) is 2.44. The van der Waals surface area contributed by atoms with E-state index in [2.05, 4.69) is 47.6 Å². The van der Waals surface area contributed by atoms with E-state index in [4.69, 9.17) is 6.42 Å². The number of hydrogen-bond acceptors (Lipinski definition) is 1. The van der Waals surface area contributed by atoms with Gasteiger partial charge in [-0.2, -0.15) is 0 Å². The van der Waals surface area contributed by atoms with Crippen molar-refractivity contribution in [2.24, 2.45) is 0 Å². The van der Waals surface area contributed by atoms with Gasteiger partial charge in [0.2, 0.25) is 5.78 Å². The number of benzene rings is 1. The first kappa shape index (κ1) is 17.7. The van der Waals surface area contributed by atoms with Gasteiger partial charge in [-0.05, 0) is 60.2 Å². The Morgan fingerprint density at radius 2 is 2.14 bits per heavy atom. The maximum absolute atomic E-state index is 11.2. The number of halogens is 1. The van der Waals surface area contributed by atoms with Crippen LogP contribution in [0.25, 0.3) is 6.08 Å². The molecule has 0 saturated carbocycles. The molecule has 0 spiro atoms. The van der Waals surface area contributed by atoms with Crippen LogP contribution in [0.15, 0.2) is 42.0 Å². The van der Waals surface area contributed by atoms with Gasteiger partial charge in [-0.1, -0.05) is 64.6 Å². The monoisotopic (exact) mass is 392 g/mol. The number of rotatable bonds is 8. The van der Waals surface area contributed by atoms with Gasteiger partial charge in [-0.15, -0.1) is 6.42 Å². The van der Waals surface area contributed by atoms with Gasteiger partial charge in [0.05, 0.1) is 0 Å². The fourth-order valence-electron chi connectivity index (χ4n) is 2.06. The summed E-state index contributed by atoms with van der Waals surface area (Å²) < 4.78 is 1.21. The van der Waals surface area contributed by atoms with Crippen molar-refractivity contribution in [3.8, 4) is 12.3 Å². The molecule has 0 atom stereocenters. The Bertz CT molecular complexity index is 561. The number of terminal acetylenes is 1. The van der Waals surface area contributed by atoms with Crippen LogP contribution in [0.1, 0.15) is 37.3 Å². The topological polar surface area (TPSA) is 17.1 Å². The maximum atomic E-state index is 11.2. The number of alkyl halides is 1. The second kappa shape index (κ2) is 10.4. The minimum absolute atomic E-state index is 0.292. The van der Waals surface area contributed by atoms with Gasteiger partial charge in [-0.25, -0.2) is 0 Å². The number of carbonyl (C=O) groups is 1. The Morgan fingerprint density at radius 1 is 1.38 bits per heavy atom. The van der Waals surface area contributed by atoms with E-state index in [0.717, 1.165) is 18.4 Å². The number of hydrogen-bond donors (Lipinski definition) is 0. The van der Waals surface area contributed by atoms with Crippen molar-refractivity contribution in [2.45, 2.75) is 32.6 Å². The van der Waals surface area contributed by atoms with Gasteiger partial charge in [0, 0.05) is 0 Å². The first-order valence-corrected chi connectivity index (χ1v) is 8.68. The van der Waals surface area contributed by atoms with E-state index in [9.17, 15) is 4.79 Å². The molecule has 1 aromatic rings. The third kappa shape index (κ3) is 7.29. The molecule has 0 bridgehead atoms. The summed E-state index contributed by atoms with van der Waals surface area (Å²) in [5, 5.41) is 0. The summed E-state index contributed by atoms with van der Waals surface area (Å²) >= 11 is 2.41. The Balaban J connectivity index is 2.65. The van der Waals surface area contributed by atoms with Crippen LogP contribution in [-0.2, 0) is 11.2 Å². The van der Waals surface area contributed by atoms with Gasteiger partial charge in [-0.3, -0.25) is 4.79 Å². The summed E-state index contributed by atoms with van der Waals surface area (Å²) in [5.74, 6) is 1.80. The summed E-state index contributed by atoms with van der Waals surface area (Å²) in [5.41, 5.74) is 3.78. The van der Waals surface area contributed by atoms with E-state index in [1.165, 1.54) is 34.5 Å². The molecule has 2 heteroatoms. The molecule has 0 aliphatic heterocycles. The molecular formula is C19H21IO. The number of carbonyl (C=O) groups excluding carboxylic acids is 1. The normalized spacial score (nSPS) is 11.6. The average Bonchev–Trinajstić information content (AvgIpc) is 2.51. The lowest BCUT2D eigenvalue weighted by atomic mass is 10.0. The largest absolute Gasteiger partial charge is 0.280 e. The van der Waals surface area contributed by atoms with Crippen LogP contribution < -0.4 is 0 Å². The molecule has 0 unspecified atom stereocenters. The van der Waals surface area contributed by atoms with Crippen LogP contribution in [0.5, 0.6) is 0 Å². The summed E-state index contributed by atoms with van der Waals surface area (Å²) in [6.07, 6.45) is 15.1. The Kier molecular flexibility index (Phi) is 8.77. The van der Waals surface area contributed by atoms with Crippen LogP contribution in [0, 0.1) is 12.3 Å². The summed E-state index contributed by atoms with van der Waals surface area (Å²) in [7, 11) is 0. The predicted octanol–water partition coefficient (Wildman–Crippen LogP) is 5.00. The third-order valence-corrected chi connectivity index (χ3v) is 3.99. The lowest BCUT2D eigenvalue weighted by Gasteiger charge is -2.05. The molecule has 0 amide bonds. The fraction of sp³-hybridized carbons (Fsp3) is 0.316. The molecule has 0 aromatic heterocycles. The van der Waals surface area contributed by atoms with E-state index in [-0.39, 0.29) is 5.78 Å². The Morgan fingerprint density at radius 3 is 2.86 bits per heavy atom. The molecule has 0 aliphatic rings. The zero-order valence-corrected chi connectivity index (χ0v) is 14.6. The third-order valence-electron chi connectivity index (χ3n) is 3.22. The minimum atomic E-state index is -0.292. The predicted molar refractivity (Wildman–Crippen MR) is 99.5 cm³/mol. The van der Waals surface area contributed by atoms with Gasteiger partial charge in [0.15, 0.2) is 0 Å².